The zero-order valence-corrected chi connectivity index (χ0v) is 9.22. The van der Waals surface area contributed by atoms with E-state index in [0.29, 0.717) is 6.04 Å². The first-order valence-corrected chi connectivity index (χ1v) is 5.55. The number of nitrogens with zero attached hydrogens (tertiary/aromatic N) is 2. The summed E-state index contributed by atoms with van der Waals surface area (Å²) in [5.74, 6) is 0. The molecule has 7 heteroatoms. The third-order valence-corrected chi connectivity index (χ3v) is 1.33. The van der Waals surface area contributed by atoms with Gasteiger partial charge in [0, 0.05) is 12.2 Å². The van der Waals surface area contributed by atoms with E-state index in [4.69, 9.17) is 19.2 Å². The van der Waals surface area contributed by atoms with E-state index in [2.05, 4.69) is 23.4 Å². The maximum absolute atomic E-state index is 8.88. The molecule has 0 fully saturated rings. The highest BCUT2D eigenvalue weighted by atomic mass is 31.2. The molecule has 0 atom stereocenters. The van der Waals surface area contributed by atoms with Gasteiger partial charge in [-0.05, 0) is 20.8 Å². The molecule has 0 aliphatic heterocycles. The Morgan fingerprint density at radius 3 is 2.00 bits per heavy atom. The second-order valence-electron chi connectivity index (χ2n) is 3.07. The summed E-state index contributed by atoms with van der Waals surface area (Å²) in [4.78, 5) is 25.7. The van der Waals surface area contributed by atoms with Crippen molar-refractivity contribution in [3.8, 4) is 0 Å². The zero-order chi connectivity index (χ0) is 11.4. The van der Waals surface area contributed by atoms with Crippen molar-refractivity contribution >= 4 is 7.82 Å². The van der Waals surface area contributed by atoms with Crippen molar-refractivity contribution in [3.05, 3.63) is 18.2 Å². The minimum absolute atomic E-state index is 0.534. The van der Waals surface area contributed by atoms with Gasteiger partial charge in [0.05, 0.1) is 12.0 Å². The van der Waals surface area contributed by atoms with E-state index in [9.17, 15) is 0 Å². The summed E-state index contributed by atoms with van der Waals surface area (Å²) in [7, 11) is -4.64. The first-order valence-electron chi connectivity index (χ1n) is 3.98. The Hall–Kier alpha value is -0.680. The lowest BCUT2D eigenvalue weighted by Crippen LogP contribution is -1.95. The van der Waals surface area contributed by atoms with Crippen molar-refractivity contribution < 1.29 is 19.2 Å². The minimum Gasteiger partial charge on any atom is -0.335 e. The first kappa shape index (κ1) is 13.3. The van der Waals surface area contributed by atoms with Gasteiger partial charge in [0.2, 0.25) is 0 Å². The van der Waals surface area contributed by atoms with Crippen LogP contribution in [0, 0.1) is 6.92 Å². The molecule has 0 aliphatic carbocycles. The van der Waals surface area contributed by atoms with Crippen molar-refractivity contribution in [1.29, 1.82) is 0 Å². The van der Waals surface area contributed by atoms with Crippen LogP contribution in [0.4, 0.5) is 0 Å². The van der Waals surface area contributed by atoms with Crippen LogP contribution < -0.4 is 0 Å². The topological polar surface area (TPSA) is 95.6 Å². The van der Waals surface area contributed by atoms with Gasteiger partial charge in [0.1, 0.15) is 0 Å². The number of hydrogen-bond acceptors (Lipinski definition) is 2. The first-order chi connectivity index (χ1) is 6.20. The summed E-state index contributed by atoms with van der Waals surface area (Å²) in [5, 5.41) is 0. The van der Waals surface area contributed by atoms with E-state index in [0.717, 1.165) is 5.69 Å². The van der Waals surface area contributed by atoms with E-state index < -0.39 is 7.82 Å². The molecule has 0 amide bonds. The molecule has 0 saturated carbocycles. The van der Waals surface area contributed by atoms with E-state index in [1.165, 1.54) is 0 Å². The molecule has 0 unspecified atom stereocenters. The monoisotopic (exact) mass is 222 g/mol. The van der Waals surface area contributed by atoms with Gasteiger partial charge in [-0.2, -0.15) is 0 Å². The number of imidazole rings is 1. The van der Waals surface area contributed by atoms with Crippen LogP contribution in [-0.2, 0) is 4.57 Å². The Bertz CT molecular complexity index is 309. The Kier molecular flexibility index (Phi) is 5.01. The number of aryl methyl sites for hydroxylation is 1. The lowest BCUT2D eigenvalue weighted by atomic mass is 10.4. The van der Waals surface area contributed by atoms with Gasteiger partial charge in [0.25, 0.3) is 0 Å². The predicted octanol–water partition coefficient (Wildman–Crippen LogP) is 0.844. The van der Waals surface area contributed by atoms with Crippen LogP contribution in [0.2, 0.25) is 0 Å². The van der Waals surface area contributed by atoms with E-state index in [1.807, 2.05) is 19.4 Å². The quantitative estimate of drug-likeness (QED) is 0.612. The van der Waals surface area contributed by atoms with E-state index in [1.54, 1.807) is 0 Å². The average molecular weight is 222 g/mol. The maximum Gasteiger partial charge on any atom is 0.466 e. The average Bonchev–Trinajstić information content (AvgIpc) is 2.31. The van der Waals surface area contributed by atoms with Crippen LogP contribution in [0.5, 0.6) is 0 Å². The SMILES string of the molecule is Cc1cn(C(C)C)cn1.O=P(O)(O)O. The molecule has 0 aromatic carbocycles. The van der Waals surface area contributed by atoms with Gasteiger partial charge in [-0.25, -0.2) is 9.55 Å². The van der Waals surface area contributed by atoms with Crippen LogP contribution in [0.3, 0.4) is 0 Å². The zero-order valence-electron chi connectivity index (χ0n) is 8.32. The lowest BCUT2D eigenvalue weighted by Gasteiger charge is -2.02. The molecule has 1 rings (SSSR count). The van der Waals surface area contributed by atoms with Crippen molar-refractivity contribution in [2.45, 2.75) is 26.8 Å². The maximum atomic E-state index is 8.88. The third-order valence-electron chi connectivity index (χ3n) is 1.33. The van der Waals surface area contributed by atoms with Crippen LogP contribution in [0.25, 0.3) is 0 Å². The number of hydrogen-bond donors (Lipinski definition) is 3. The second-order valence-corrected chi connectivity index (χ2v) is 4.10. The van der Waals surface area contributed by atoms with Gasteiger partial charge in [-0.1, -0.05) is 0 Å². The molecule has 1 aromatic heterocycles. The standard InChI is InChI=1S/C7H12N2.H3O4P/c1-6(2)9-4-7(3)8-5-9;1-5(2,3)4/h4-6H,1-3H3;(H3,1,2,3,4). The van der Waals surface area contributed by atoms with E-state index in [-0.39, 0.29) is 0 Å². The molecule has 1 aromatic rings. The fourth-order valence-electron chi connectivity index (χ4n) is 0.723. The van der Waals surface area contributed by atoms with Gasteiger partial charge in [-0.3, -0.25) is 0 Å². The molecule has 0 radical (unpaired) electrons. The third kappa shape index (κ3) is 7.94. The number of phosphoric acid groups is 1. The number of aromatic nitrogens is 2. The Labute approximate surface area is 82.5 Å². The molecule has 14 heavy (non-hydrogen) atoms. The molecule has 0 spiro atoms. The summed E-state index contributed by atoms with van der Waals surface area (Å²) in [6.45, 7) is 6.28. The summed E-state index contributed by atoms with van der Waals surface area (Å²) < 4.78 is 11.0. The highest BCUT2D eigenvalue weighted by molar-refractivity contribution is 7.45. The Morgan fingerprint density at radius 2 is 1.86 bits per heavy atom. The van der Waals surface area contributed by atoms with Gasteiger partial charge < -0.3 is 19.2 Å². The van der Waals surface area contributed by atoms with Crippen molar-refractivity contribution in [3.63, 3.8) is 0 Å². The molecule has 0 saturated heterocycles. The lowest BCUT2D eigenvalue weighted by molar-refractivity contribution is 0.275. The molecule has 0 bridgehead atoms. The van der Waals surface area contributed by atoms with Crippen LogP contribution in [-0.4, -0.2) is 24.2 Å². The molecular formula is C7H15N2O4P. The van der Waals surface area contributed by atoms with E-state index >= 15 is 0 Å². The molecule has 82 valence electrons. The summed E-state index contributed by atoms with van der Waals surface area (Å²) in [5.41, 5.74) is 1.09. The van der Waals surface area contributed by atoms with Crippen LogP contribution in [0.15, 0.2) is 12.5 Å². The predicted molar refractivity (Wildman–Crippen MR) is 51.6 cm³/mol. The molecule has 3 N–H and O–H groups in total. The van der Waals surface area contributed by atoms with Crippen molar-refractivity contribution in [1.82, 2.24) is 9.55 Å². The largest absolute Gasteiger partial charge is 0.466 e. The summed E-state index contributed by atoms with van der Waals surface area (Å²) >= 11 is 0. The highest BCUT2D eigenvalue weighted by Gasteiger charge is 2.00. The molecule has 1 heterocycles. The second kappa shape index (κ2) is 5.26. The van der Waals surface area contributed by atoms with Crippen LogP contribution in [0.1, 0.15) is 25.6 Å². The fraction of sp³-hybridized carbons (Fsp3) is 0.571. The van der Waals surface area contributed by atoms with Crippen LogP contribution >= 0.6 is 7.82 Å². The number of rotatable bonds is 1. The smallest absolute Gasteiger partial charge is 0.335 e. The Balaban J connectivity index is 0.000000292. The molecular weight excluding hydrogens is 207 g/mol. The van der Waals surface area contributed by atoms with Gasteiger partial charge in [0.15, 0.2) is 0 Å². The normalized spacial score (nSPS) is 11.1. The fourth-order valence-corrected chi connectivity index (χ4v) is 0.723. The van der Waals surface area contributed by atoms with Crippen molar-refractivity contribution in [2.24, 2.45) is 0 Å². The molecule has 6 nitrogen and oxygen atoms in total. The minimum atomic E-state index is -4.64. The molecule has 0 aliphatic rings. The van der Waals surface area contributed by atoms with Gasteiger partial charge in [-0.15, -0.1) is 0 Å². The summed E-state index contributed by atoms with van der Waals surface area (Å²) in [6, 6.07) is 0.534. The van der Waals surface area contributed by atoms with Gasteiger partial charge >= 0.3 is 7.82 Å². The Morgan fingerprint density at radius 1 is 1.43 bits per heavy atom. The summed E-state index contributed by atoms with van der Waals surface area (Å²) in [6.07, 6.45) is 3.91. The highest BCUT2D eigenvalue weighted by Crippen LogP contribution is 2.25. The van der Waals surface area contributed by atoms with Crippen molar-refractivity contribution in [2.75, 3.05) is 0 Å².